The highest BCUT2D eigenvalue weighted by Crippen LogP contribution is 2.26. The van der Waals surface area contributed by atoms with Crippen molar-refractivity contribution in [2.75, 3.05) is 25.1 Å². The number of carbonyl (C=O) groups is 2. The average molecular weight is 586 g/mol. The lowest BCUT2D eigenvalue weighted by molar-refractivity contribution is -0.140. The van der Waals surface area contributed by atoms with Gasteiger partial charge in [0, 0.05) is 12.1 Å². The van der Waals surface area contributed by atoms with Crippen LogP contribution in [0.4, 0.5) is 10.1 Å². The summed E-state index contributed by atoms with van der Waals surface area (Å²) < 4.78 is 52.7. The first-order valence-electron chi connectivity index (χ1n) is 12.9. The van der Waals surface area contributed by atoms with Gasteiger partial charge in [0.1, 0.15) is 29.9 Å². The molecule has 3 aromatic carbocycles. The Morgan fingerprint density at radius 2 is 1.39 bits per heavy atom. The van der Waals surface area contributed by atoms with Gasteiger partial charge in [-0.1, -0.05) is 12.1 Å². The molecular formula is C30H36FN3O6S. The summed E-state index contributed by atoms with van der Waals surface area (Å²) >= 11 is 0. The molecule has 9 nitrogen and oxygen atoms in total. The molecule has 0 saturated heterocycles. The van der Waals surface area contributed by atoms with Crippen LogP contribution in [-0.2, 0) is 26.2 Å². The topological polar surface area (TPSA) is 105 Å². The number of amides is 2. The number of ether oxygens (including phenoxy) is 2. The number of anilines is 1. The molecule has 3 rings (SSSR count). The summed E-state index contributed by atoms with van der Waals surface area (Å²) in [7, 11) is -1.29. The summed E-state index contributed by atoms with van der Waals surface area (Å²) in [5.41, 5.74) is 0.241. The smallest absolute Gasteiger partial charge is 0.264 e. The van der Waals surface area contributed by atoms with Crippen molar-refractivity contribution in [1.82, 2.24) is 10.2 Å². The molecule has 220 valence electrons. The highest BCUT2D eigenvalue weighted by molar-refractivity contribution is 7.92. The van der Waals surface area contributed by atoms with Crippen LogP contribution in [0.3, 0.4) is 0 Å². The van der Waals surface area contributed by atoms with E-state index in [0.29, 0.717) is 17.1 Å². The van der Waals surface area contributed by atoms with E-state index in [4.69, 9.17) is 9.47 Å². The van der Waals surface area contributed by atoms with Gasteiger partial charge in [0.15, 0.2) is 0 Å². The van der Waals surface area contributed by atoms with E-state index in [1.807, 2.05) is 20.8 Å². The number of nitrogens with one attached hydrogen (secondary N) is 1. The second-order valence-corrected chi connectivity index (χ2v) is 12.3. The number of nitrogens with zero attached hydrogens (tertiary/aromatic N) is 2. The molecule has 0 heterocycles. The molecule has 1 unspecified atom stereocenters. The van der Waals surface area contributed by atoms with Gasteiger partial charge in [-0.05, 0) is 93.9 Å². The van der Waals surface area contributed by atoms with Gasteiger partial charge in [-0.2, -0.15) is 0 Å². The van der Waals surface area contributed by atoms with Crippen LogP contribution in [-0.4, -0.2) is 57.5 Å². The van der Waals surface area contributed by atoms with Gasteiger partial charge in [-0.15, -0.1) is 0 Å². The van der Waals surface area contributed by atoms with Crippen LogP contribution in [0.2, 0.25) is 0 Å². The maximum absolute atomic E-state index is 13.9. The van der Waals surface area contributed by atoms with Crippen LogP contribution in [0.5, 0.6) is 11.5 Å². The molecule has 0 aliphatic rings. The third-order valence-corrected chi connectivity index (χ3v) is 8.01. The summed E-state index contributed by atoms with van der Waals surface area (Å²) in [4.78, 5) is 28.3. The molecule has 0 aromatic heterocycles. The minimum atomic E-state index is -4.29. The minimum absolute atomic E-state index is 0.0292. The van der Waals surface area contributed by atoms with Crippen LogP contribution >= 0.6 is 0 Å². The molecule has 0 spiro atoms. The minimum Gasteiger partial charge on any atom is -0.497 e. The summed E-state index contributed by atoms with van der Waals surface area (Å²) in [5.74, 6) is -0.504. The molecule has 3 aromatic rings. The number of carbonyl (C=O) groups excluding carboxylic acids is 2. The van der Waals surface area contributed by atoms with E-state index in [-0.39, 0.29) is 17.1 Å². The van der Waals surface area contributed by atoms with Crippen molar-refractivity contribution in [1.29, 1.82) is 0 Å². The number of benzene rings is 3. The molecular weight excluding hydrogens is 549 g/mol. The lowest BCUT2D eigenvalue weighted by atomic mass is 10.1. The second kappa shape index (κ2) is 13.0. The quantitative estimate of drug-likeness (QED) is 0.358. The Labute approximate surface area is 240 Å². The number of halogens is 1. The fourth-order valence-electron chi connectivity index (χ4n) is 4.00. The van der Waals surface area contributed by atoms with Gasteiger partial charge < -0.3 is 19.7 Å². The zero-order valence-electron chi connectivity index (χ0n) is 24.0. The molecule has 41 heavy (non-hydrogen) atoms. The Morgan fingerprint density at radius 3 is 1.88 bits per heavy atom. The maximum atomic E-state index is 13.9. The zero-order valence-corrected chi connectivity index (χ0v) is 24.9. The monoisotopic (exact) mass is 585 g/mol. The van der Waals surface area contributed by atoms with Gasteiger partial charge in [0.25, 0.3) is 10.0 Å². The Morgan fingerprint density at radius 1 is 0.878 bits per heavy atom. The van der Waals surface area contributed by atoms with E-state index < -0.39 is 45.8 Å². The largest absolute Gasteiger partial charge is 0.497 e. The Kier molecular flexibility index (Phi) is 9.98. The van der Waals surface area contributed by atoms with Crippen LogP contribution in [0.1, 0.15) is 33.3 Å². The molecule has 0 aliphatic heterocycles. The zero-order chi connectivity index (χ0) is 30.4. The normalized spacial score (nSPS) is 12.3. The first-order valence-corrected chi connectivity index (χ1v) is 14.4. The fraction of sp³-hybridized carbons (Fsp3) is 0.333. The van der Waals surface area contributed by atoms with Gasteiger partial charge >= 0.3 is 0 Å². The van der Waals surface area contributed by atoms with E-state index in [1.54, 1.807) is 31.2 Å². The van der Waals surface area contributed by atoms with Gasteiger partial charge in [-0.3, -0.25) is 13.9 Å². The SMILES string of the molecule is COc1ccc(CN(C(=O)CN(c2ccc(F)cc2)S(=O)(=O)c2ccc(OC)cc2)C(C)C(=O)NC(C)(C)C)cc1. The van der Waals surface area contributed by atoms with Crippen molar-refractivity contribution in [2.45, 2.75) is 50.7 Å². The predicted molar refractivity (Wildman–Crippen MR) is 155 cm³/mol. The maximum Gasteiger partial charge on any atom is 0.264 e. The van der Waals surface area contributed by atoms with E-state index in [0.717, 1.165) is 16.4 Å². The molecule has 0 aliphatic carbocycles. The van der Waals surface area contributed by atoms with Crippen molar-refractivity contribution in [2.24, 2.45) is 0 Å². The lowest BCUT2D eigenvalue weighted by Gasteiger charge is -2.33. The van der Waals surface area contributed by atoms with E-state index in [1.165, 1.54) is 55.5 Å². The Hall–Kier alpha value is -4.12. The first-order chi connectivity index (χ1) is 19.2. The highest BCUT2D eigenvalue weighted by Gasteiger charge is 2.33. The molecule has 2 amide bonds. The third kappa shape index (κ3) is 8.20. The van der Waals surface area contributed by atoms with Gasteiger partial charge in [0.2, 0.25) is 11.8 Å². The molecule has 0 bridgehead atoms. The summed E-state index contributed by atoms with van der Waals surface area (Å²) in [6.45, 7) is 6.45. The number of methoxy groups -OCH3 is 2. The van der Waals surface area contributed by atoms with Gasteiger partial charge in [-0.25, -0.2) is 12.8 Å². The van der Waals surface area contributed by atoms with Crippen molar-refractivity contribution >= 4 is 27.5 Å². The molecule has 1 N–H and O–H groups in total. The Bertz CT molecular complexity index is 1440. The summed E-state index contributed by atoms with van der Waals surface area (Å²) in [6.07, 6.45) is 0. The highest BCUT2D eigenvalue weighted by atomic mass is 32.2. The lowest BCUT2D eigenvalue weighted by Crippen LogP contribution is -2.54. The first kappa shape index (κ1) is 31.4. The summed E-state index contributed by atoms with van der Waals surface area (Å²) in [6, 6.07) is 16.6. The number of rotatable bonds is 11. The molecule has 0 radical (unpaired) electrons. The van der Waals surface area contributed by atoms with Crippen molar-refractivity contribution in [3.8, 4) is 11.5 Å². The number of sulfonamides is 1. The third-order valence-electron chi connectivity index (χ3n) is 6.22. The van der Waals surface area contributed by atoms with E-state index in [2.05, 4.69) is 5.32 Å². The van der Waals surface area contributed by atoms with E-state index in [9.17, 15) is 22.4 Å². The molecule has 0 saturated carbocycles. The standard InChI is InChI=1S/C30H36FN3O6S/c1-21(29(36)32-30(2,3)4)33(19-22-7-13-25(39-5)14-8-22)28(35)20-34(24-11-9-23(31)10-12-24)41(37,38)27-17-15-26(40-6)16-18-27/h7-18,21H,19-20H2,1-6H3,(H,32,36). The average Bonchev–Trinajstić information content (AvgIpc) is 2.94. The van der Waals surface area contributed by atoms with Crippen LogP contribution in [0.15, 0.2) is 77.7 Å². The molecule has 0 fully saturated rings. The second-order valence-electron chi connectivity index (χ2n) is 10.4. The van der Waals surface area contributed by atoms with Gasteiger partial charge in [0.05, 0.1) is 24.8 Å². The Balaban J connectivity index is 2.02. The van der Waals surface area contributed by atoms with Crippen molar-refractivity contribution in [3.63, 3.8) is 0 Å². The molecule has 11 heteroatoms. The predicted octanol–water partition coefficient (Wildman–Crippen LogP) is 4.37. The van der Waals surface area contributed by atoms with Crippen LogP contribution in [0.25, 0.3) is 0 Å². The van der Waals surface area contributed by atoms with E-state index >= 15 is 0 Å². The molecule has 1 atom stereocenters. The van der Waals surface area contributed by atoms with Crippen molar-refractivity contribution < 1.29 is 31.9 Å². The van der Waals surface area contributed by atoms with Crippen molar-refractivity contribution in [3.05, 3.63) is 84.2 Å². The number of hydrogen-bond donors (Lipinski definition) is 1. The summed E-state index contributed by atoms with van der Waals surface area (Å²) in [5, 5.41) is 2.88. The van der Waals surface area contributed by atoms with Crippen LogP contribution < -0.4 is 19.1 Å². The fourth-order valence-corrected chi connectivity index (χ4v) is 5.41. The number of hydrogen-bond acceptors (Lipinski definition) is 6. The van der Waals surface area contributed by atoms with Crippen LogP contribution in [0, 0.1) is 5.82 Å².